The van der Waals surface area contributed by atoms with Gasteiger partial charge in [-0.15, -0.1) is 10.2 Å². The smallest absolute Gasteiger partial charge is 0.234 e. The predicted molar refractivity (Wildman–Crippen MR) is 99.6 cm³/mol. The first-order valence-corrected chi connectivity index (χ1v) is 9.05. The van der Waals surface area contributed by atoms with Crippen molar-refractivity contribution in [3.63, 3.8) is 0 Å². The summed E-state index contributed by atoms with van der Waals surface area (Å²) in [6, 6.07) is 15.6. The number of carbonyl (C=O) groups is 1. The normalized spacial score (nSPS) is 10.6. The number of rotatable bonds is 5. The van der Waals surface area contributed by atoms with Crippen LogP contribution in [0.3, 0.4) is 0 Å². The highest BCUT2D eigenvalue weighted by atomic mass is 79.9. The monoisotopic (exact) mass is 402 g/mol. The molecule has 0 atom stereocenters. The Bertz CT molecular complexity index is 848. The third-order valence-corrected chi connectivity index (χ3v) is 4.94. The Hall–Kier alpha value is -2.12. The van der Waals surface area contributed by atoms with Crippen LogP contribution in [0.25, 0.3) is 5.69 Å². The zero-order valence-electron chi connectivity index (χ0n) is 12.9. The highest BCUT2D eigenvalue weighted by Crippen LogP contribution is 2.23. The fourth-order valence-electron chi connectivity index (χ4n) is 2.08. The summed E-state index contributed by atoms with van der Waals surface area (Å²) in [6.45, 7) is 2.04. The molecule has 1 amide bonds. The molecular weight excluding hydrogens is 388 g/mol. The molecule has 24 heavy (non-hydrogen) atoms. The Morgan fingerprint density at radius 1 is 1.21 bits per heavy atom. The predicted octanol–water partition coefficient (Wildman–Crippen LogP) is 4.07. The average molecular weight is 403 g/mol. The van der Waals surface area contributed by atoms with Gasteiger partial charge in [0.2, 0.25) is 5.91 Å². The number of hydrogen-bond donors (Lipinski definition) is 1. The number of amides is 1. The number of para-hydroxylation sites is 1. The highest BCUT2D eigenvalue weighted by Gasteiger charge is 2.11. The van der Waals surface area contributed by atoms with Crippen LogP contribution in [0.2, 0.25) is 0 Å². The summed E-state index contributed by atoms with van der Waals surface area (Å²) in [6.07, 6.45) is 1.65. The van der Waals surface area contributed by atoms with E-state index in [-0.39, 0.29) is 11.7 Å². The van der Waals surface area contributed by atoms with Gasteiger partial charge < -0.3 is 5.32 Å². The van der Waals surface area contributed by atoms with Gasteiger partial charge in [0.05, 0.1) is 11.4 Å². The van der Waals surface area contributed by atoms with Crippen LogP contribution in [0.1, 0.15) is 5.56 Å². The van der Waals surface area contributed by atoms with Gasteiger partial charge >= 0.3 is 0 Å². The number of nitrogens with zero attached hydrogens (tertiary/aromatic N) is 3. The Morgan fingerprint density at radius 3 is 2.71 bits per heavy atom. The highest BCUT2D eigenvalue weighted by molar-refractivity contribution is 9.10. The van der Waals surface area contributed by atoms with Crippen LogP contribution < -0.4 is 5.32 Å². The summed E-state index contributed by atoms with van der Waals surface area (Å²) in [5, 5.41) is 11.6. The van der Waals surface area contributed by atoms with Gasteiger partial charge in [-0.05, 0) is 47.1 Å². The fourth-order valence-corrected chi connectivity index (χ4v) is 3.20. The van der Waals surface area contributed by atoms with Crippen LogP contribution in [0, 0.1) is 6.92 Å². The molecule has 0 saturated heterocycles. The van der Waals surface area contributed by atoms with Crippen LogP contribution in [0.5, 0.6) is 0 Å². The van der Waals surface area contributed by atoms with Crippen molar-refractivity contribution in [3.8, 4) is 5.69 Å². The Kier molecular flexibility index (Phi) is 5.32. The molecule has 0 bridgehead atoms. The Balaban J connectivity index is 1.65. The molecule has 5 nitrogen and oxygen atoms in total. The number of aryl methyl sites for hydroxylation is 1. The van der Waals surface area contributed by atoms with Gasteiger partial charge in [-0.2, -0.15) is 0 Å². The van der Waals surface area contributed by atoms with Gasteiger partial charge in [-0.3, -0.25) is 9.36 Å². The van der Waals surface area contributed by atoms with Gasteiger partial charge in [0, 0.05) is 10.2 Å². The van der Waals surface area contributed by atoms with Gasteiger partial charge in [0.25, 0.3) is 0 Å². The zero-order chi connectivity index (χ0) is 16.9. The standard InChI is InChI=1S/C17H15BrN4OS/c1-12-6-8-13(9-7-12)22-11-19-21-17(22)24-10-16(23)20-15-5-3-2-4-14(15)18/h2-9,11H,10H2,1H3,(H,20,23). The van der Waals surface area contributed by atoms with E-state index < -0.39 is 0 Å². The molecule has 1 aromatic heterocycles. The Morgan fingerprint density at radius 2 is 1.96 bits per heavy atom. The Labute approximate surface area is 152 Å². The summed E-state index contributed by atoms with van der Waals surface area (Å²) in [7, 11) is 0. The molecule has 1 N–H and O–H groups in total. The number of halogens is 1. The number of thioether (sulfide) groups is 1. The largest absolute Gasteiger partial charge is 0.324 e. The van der Waals surface area contributed by atoms with E-state index in [1.165, 1.54) is 17.3 Å². The van der Waals surface area contributed by atoms with Gasteiger partial charge in [-0.1, -0.05) is 41.6 Å². The van der Waals surface area contributed by atoms with Crippen LogP contribution in [0.15, 0.2) is 64.5 Å². The number of nitrogens with one attached hydrogen (secondary N) is 1. The first-order chi connectivity index (χ1) is 11.6. The maximum absolute atomic E-state index is 12.1. The molecule has 3 aromatic rings. The maximum Gasteiger partial charge on any atom is 0.234 e. The summed E-state index contributed by atoms with van der Waals surface area (Å²) in [5.74, 6) is 0.164. The van der Waals surface area contributed by atoms with Crippen molar-refractivity contribution >= 4 is 39.3 Å². The van der Waals surface area contributed by atoms with Crippen molar-refractivity contribution in [3.05, 3.63) is 64.9 Å². The van der Waals surface area contributed by atoms with E-state index >= 15 is 0 Å². The molecule has 0 aliphatic heterocycles. The molecule has 0 saturated carbocycles. The van der Waals surface area contributed by atoms with E-state index in [4.69, 9.17) is 0 Å². The first-order valence-electron chi connectivity index (χ1n) is 7.28. The van der Waals surface area contributed by atoms with Gasteiger partial charge in [0.15, 0.2) is 5.16 Å². The lowest BCUT2D eigenvalue weighted by Crippen LogP contribution is -2.14. The van der Waals surface area contributed by atoms with Crippen molar-refractivity contribution in [2.75, 3.05) is 11.1 Å². The van der Waals surface area contributed by atoms with E-state index in [1.807, 2.05) is 60.0 Å². The topological polar surface area (TPSA) is 59.8 Å². The van der Waals surface area contributed by atoms with E-state index in [1.54, 1.807) is 6.33 Å². The average Bonchev–Trinajstić information content (AvgIpc) is 3.04. The maximum atomic E-state index is 12.1. The molecule has 3 rings (SSSR count). The van der Waals surface area contributed by atoms with Crippen LogP contribution in [-0.2, 0) is 4.79 Å². The minimum atomic E-state index is -0.0923. The SMILES string of the molecule is Cc1ccc(-n2cnnc2SCC(=O)Nc2ccccc2Br)cc1. The van der Waals surface area contributed by atoms with Gasteiger partial charge in [-0.25, -0.2) is 0 Å². The van der Waals surface area contributed by atoms with Crippen molar-refractivity contribution in [1.82, 2.24) is 14.8 Å². The van der Waals surface area contributed by atoms with E-state index in [0.717, 1.165) is 15.8 Å². The molecule has 0 aliphatic rings. The van der Waals surface area contributed by atoms with Gasteiger partial charge in [0.1, 0.15) is 6.33 Å². The summed E-state index contributed by atoms with van der Waals surface area (Å²) < 4.78 is 2.72. The van der Waals surface area contributed by atoms with Crippen molar-refractivity contribution in [2.24, 2.45) is 0 Å². The van der Waals surface area contributed by atoms with Crippen molar-refractivity contribution in [1.29, 1.82) is 0 Å². The second kappa shape index (κ2) is 7.63. The van der Waals surface area contributed by atoms with Crippen molar-refractivity contribution in [2.45, 2.75) is 12.1 Å². The number of anilines is 1. The number of aromatic nitrogens is 3. The third kappa shape index (κ3) is 4.04. The van der Waals surface area contributed by atoms with Crippen LogP contribution in [-0.4, -0.2) is 26.4 Å². The second-order valence-electron chi connectivity index (χ2n) is 5.14. The van der Waals surface area contributed by atoms with Crippen LogP contribution in [0.4, 0.5) is 5.69 Å². The summed E-state index contributed by atoms with van der Waals surface area (Å²) in [4.78, 5) is 12.1. The molecule has 2 aromatic carbocycles. The molecule has 0 fully saturated rings. The van der Waals surface area contributed by atoms with Crippen molar-refractivity contribution < 1.29 is 4.79 Å². The molecule has 0 unspecified atom stereocenters. The lowest BCUT2D eigenvalue weighted by molar-refractivity contribution is -0.113. The summed E-state index contributed by atoms with van der Waals surface area (Å²) >= 11 is 4.76. The number of benzene rings is 2. The minimum Gasteiger partial charge on any atom is -0.324 e. The lowest BCUT2D eigenvalue weighted by atomic mass is 10.2. The van der Waals surface area contributed by atoms with E-state index in [2.05, 4.69) is 31.4 Å². The number of hydrogen-bond acceptors (Lipinski definition) is 4. The molecule has 1 heterocycles. The first kappa shape index (κ1) is 16.7. The third-order valence-electron chi connectivity index (χ3n) is 3.31. The van der Waals surface area contributed by atoms with E-state index in [0.29, 0.717) is 5.16 Å². The van der Waals surface area contributed by atoms with E-state index in [9.17, 15) is 4.79 Å². The molecule has 122 valence electrons. The zero-order valence-corrected chi connectivity index (χ0v) is 15.3. The molecular formula is C17H15BrN4OS. The lowest BCUT2D eigenvalue weighted by Gasteiger charge is -2.08. The minimum absolute atomic E-state index is 0.0923. The van der Waals surface area contributed by atoms with Crippen LogP contribution >= 0.6 is 27.7 Å². The number of carbonyl (C=O) groups excluding carboxylic acids is 1. The summed E-state index contributed by atoms with van der Waals surface area (Å²) in [5.41, 5.74) is 2.91. The molecule has 0 radical (unpaired) electrons. The second-order valence-corrected chi connectivity index (χ2v) is 6.93. The molecule has 7 heteroatoms. The molecule has 0 aliphatic carbocycles. The molecule has 0 spiro atoms. The quantitative estimate of drug-likeness (QED) is 0.653. The fraction of sp³-hybridized carbons (Fsp3) is 0.118.